The Bertz CT molecular complexity index is 782. The van der Waals surface area contributed by atoms with Crippen molar-refractivity contribution in [1.82, 2.24) is 20.6 Å². The molecule has 2 rings (SSSR count). The summed E-state index contributed by atoms with van der Waals surface area (Å²) in [5.74, 6) is -1.54. The third kappa shape index (κ3) is 3.41. The van der Waals surface area contributed by atoms with Gasteiger partial charge >= 0.3 is 5.97 Å². The Hall–Kier alpha value is -3.48. The zero-order valence-corrected chi connectivity index (χ0v) is 12.1. The highest BCUT2D eigenvalue weighted by Crippen LogP contribution is 2.30. The van der Waals surface area contributed by atoms with Gasteiger partial charge in [0.1, 0.15) is 11.6 Å². The molecule has 0 aliphatic carbocycles. The Kier molecular flexibility index (Phi) is 4.83. The second-order valence-corrected chi connectivity index (χ2v) is 4.08. The highest BCUT2D eigenvalue weighted by atomic mass is 19.1. The highest BCUT2D eigenvalue weighted by Gasteiger charge is 2.16. The SMILES string of the molecule is COC(=O)c1cc(F)c(OC)c(NC=C(C#N)c2nn[nH]n2)c1. The molecule has 0 bridgehead atoms. The Morgan fingerprint density at radius 2 is 2.26 bits per heavy atom. The molecule has 9 nitrogen and oxygen atoms in total. The fourth-order valence-corrected chi connectivity index (χ4v) is 1.72. The number of nitrogens with zero attached hydrogens (tertiary/aromatic N) is 4. The van der Waals surface area contributed by atoms with Crippen LogP contribution in [0.1, 0.15) is 16.2 Å². The molecule has 10 heteroatoms. The van der Waals surface area contributed by atoms with Crippen molar-refractivity contribution in [2.24, 2.45) is 0 Å². The van der Waals surface area contributed by atoms with Crippen molar-refractivity contribution in [3.63, 3.8) is 0 Å². The van der Waals surface area contributed by atoms with Crippen molar-refractivity contribution < 1.29 is 18.7 Å². The largest absolute Gasteiger partial charge is 0.492 e. The van der Waals surface area contributed by atoms with Gasteiger partial charge in [0, 0.05) is 6.20 Å². The molecule has 0 saturated heterocycles. The first-order chi connectivity index (χ1) is 11.1. The number of nitriles is 1. The van der Waals surface area contributed by atoms with Crippen LogP contribution in [0.5, 0.6) is 5.75 Å². The van der Waals surface area contributed by atoms with Crippen LogP contribution in [0.4, 0.5) is 10.1 Å². The van der Waals surface area contributed by atoms with Crippen molar-refractivity contribution >= 4 is 17.2 Å². The zero-order valence-electron chi connectivity index (χ0n) is 12.1. The lowest BCUT2D eigenvalue weighted by molar-refractivity contribution is 0.0600. The van der Waals surface area contributed by atoms with E-state index in [1.807, 2.05) is 6.07 Å². The number of allylic oxidation sites excluding steroid dienone is 1. The van der Waals surface area contributed by atoms with Crippen LogP contribution >= 0.6 is 0 Å². The number of aromatic nitrogens is 4. The molecule has 0 aliphatic rings. The van der Waals surface area contributed by atoms with Gasteiger partial charge in [-0.25, -0.2) is 9.18 Å². The van der Waals surface area contributed by atoms with Crippen LogP contribution in [0, 0.1) is 17.1 Å². The van der Waals surface area contributed by atoms with Crippen LogP contribution in [0.15, 0.2) is 18.3 Å². The van der Waals surface area contributed by atoms with Crippen molar-refractivity contribution in [2.75, 3.05) is 19.5 Å². The molecule has 23 heavy (non-hydrogen) atoms. The van der Waals surface area contributed by atoms with E-state index in [1.54, 1.807) is 0 Å². The Balaban J connectivity index is 2.40. The number of nitrogens with one attached hydrogen (secondary N) is 2. The highest BCUT2D eigenvalue weighted by molar-refractivity contribution is 5.91. The number of methoxy groups -OCH3 is 2. The van der Waals surface area contributed by atoms with Gasteiger partial charge in [0.25, 0.3) is 0 Å². The van der Waals surface area contributed by atoms with E-state index in [0.717, 1.165) is 6.07 Å². The molecule has 1 aromatic carbocycles. The lowest BCUT2D eigenvalue weighted by atomic mass is 10.1. The van der Waals surface area contributed by atoms with Gasteiger partial charge in [0.2, 0.25) is 5.82 Å². The average Bonchev–Trinajstić information content (AvgIpc) is 3.08. The van der Waals surface area contributed by atoms with E-state index in [2.05, 4.69) is 30.7 Å². The summed E-state index contributed by atoms with van der Waals surface area (Å²) in [7, 11) is 2.46. The van der Waals surface area contributed by atoms with Gasteiger partial charge in [-0.2, -0.15) is 10.5 Å². The molecule has 0 radical (unpaired) electrons. The number of hydrogen-bond acceptors (Lipinski definition) is 8. The van der Waals surface area contributed by atoms with E-state index < -0.39 is 11.8 Å². The third-order valence-electron chi connectivity index (χ3n) is 2.75. The molecule has 0 atom stereocenters. The molecule has 1 heterocycles. The van der Waals surface area contributed by atoms with Crippen LogP contribution in [0.25, 0.3) is 5.57 Å². The maximum absolute atomic E-state index is 14.0. The van der Waals surface area contributed by atoms with E-state index >= 15 is 0 Å². The number of anilines is 1. The predicted molar refractivity (Wildman–Crippen MR) is 75.7 cm³/mol. The van der Waals surface area contributed by atoms with E-state index in [4.69, 9.17) is 10.00 Å². The summed E-state index contributed by atoms with van der Waals surface area (Å²) in [6.07, 6.45) is 1.24. The molecule has 118 valence electrons. The summed E-state index contributed by atoms with van der Waals surface area (Å²) in [6, 6.07) is 4.18. The van der Waals surface area contributed by atoms with Crippen LogP contribution in [0.2, 0.25) is 0 Å². The number of esters is 1. The fourth-order valence-electron chi connectivity index (χ4n) is 1.72. The molecule has 2 N–H and O–H groups in total. The molecule has 0 aliphatic heterocycles. The Morgan fingerprint density at radius 3 is 2.83 bits per heavy atom. The van der Waals surface area contributed by atoms with Crippen LogP contribution in [0.3, 0.4) is 0 Å². The number of carbonyl (C=O) groups is 1. The standard InChI is InChI=1S/C13H11FN6O3/c1-22-11-9(14)3-7(13(21)23-2)4-10(11)16-6-8(5-15)12-17-19-20-18-12/h3-4,6,16H,1-2H3,(H,17,18,19,20). The average molecular weight is 318 g/mol. The molecular formula is C13H11FN6O3. The fraction of sp³-hybridized carbons (Fsp3) is 0.154. The predicted octanol–water partition coefficient (Wildman–Crippen LogP) is 1.11. The van der Waals surface area contributed by atoms with E-state index in [0.29, 0.717) is 0 Å². The van der Waals surface area contributed by atoms with Gasteiger partial charge < -0.3 is 14.8 Å². The molecule has 0 fully saturated rings. The summed E-state index contributed by atoms with van der Waals surface area (Å²) in [6.45, 7) is 0. The summed E-state index contributed by atoms with van der Waals surface area (Å²) in [5.41, 5.74) is 0.161. The molecule has 0 saturated carbocycles. The van der Waals surface area contributed by atoms with Crippen LogP contribution in [-0.2, 0) is 4.74 Å². The van der Waals surface area contributed by atoms with Crippen LogP contribution in [-0.4, -0.2) is 40.8 Å². The number of tetrazole rings is 1. The number of H-pyrrole nitrogens is 1. The first-order valence-electron chi connectivity index (χ1n) is 6.17. The lowest BCUT2D eigenvalue weighted by Crippen LogP contribution is -2.05. The van der Waals surface area contributed by atoms with Crippen molar-refractivity contribution in [1.29, 1.82) is 5.26 Å². The number of ether oxygens (including phenoxy) is 2. The van der Waals surface area contributed by atoms with Gasteiger partial charge in [-0.05, 0) is 17.3 Å². The van der Waals surface area contributed by atoms with E-state index in [9.17, 15) is 9.18 Å². The molecular weight excluding hydrogens is 307 g/mol. The zero-order chi connectivity index (χ0) is 16.8. The van der Waals surface area contributed by atoms with E-state index in [-0.39, 0.29) is 28.4 Å². The number of hydrogen-bond donors (Lipinski definition) is 2. The molecule has 2 aromatic rings. The van der Waals surface area contributed by atoms with Gasteiger partial charge in [0.05, 0.1) is 25.5 Å². The topological polar surface area (TPSA) is 126 Å². The number of benzene rings is 1. The van der Waals surface area contributed by atoms with Gasteiger partial charge in [-0.1, -0.05) is 0 Å². The molecule has 0 unspecified atom stereocenters. The summed E-state index contributed by atoms with van der Waals surface area (Å²) in [5, 5.41) is 24.6. The third-order valence-corrected chi connectivity index (χ3v) is 2.75. The normalized spacial score (nSPS) is 10.8. The summed E-state index contributed by atoms with van der Waals surface area (Å²) < 4.78 is 23.5. The minimum absolute atomic E-state index is 0.0141. The second kappa shape index (κ2) is 6.99. The van der Waals surface area contributed by atoms with Gasteiger partial charge in [-0.15, -0.1) is 10.2 Å². The van der Waals surface area contributed by atoms with Crippen LogP contribution < -0.4 is 10.1 Å². The first-order valence-corrected chi connectivity index (χ1v) is 6.17. The smallest absolute Gasteiger partial charge is 0.338 e. The minimum Gasteiger partial charge on any atom is -0.492 e. The van der Waals surface area contributed by atoms with Crippen molar-refractivity contribution in [3.05, 3.63) is 35.5 Å². The lowest BCUT2D eigenvalue weighted by Gasteiger charge is -2.11. The molecule has 0 spiro atoms. The van der Waals surface area contributed by atoms with Crippen molar-refractivity contribution in [2.45, 2.75) is 0 Å². The Morgan fingerprint density at radius 1 is 1.48 bits per heavy atom. The number of halogens is 1. The van der Waals surface area contributed by atoms with E-state index in [1.165, 1.54) is 26.5 Å². The Labute approximate surface area is 129 Å². The monoisotopic (exact) mass is 318 g/mol. The number of rotatable bonds is 5. The molecule has 1 aromatic heterocycles. The summed E-state index contributed by atoms with van der Waals surface area (Å²) >= 11 is 0. The quantitative estimate of drug-likeness (QED) is 0.620. The minimum atomic E-state index is -0.760. The number of aromatic amines is 1. The molecule has 0 amide bonds. The second-order valence-electron chi connectivity index (χ2n) is 4.08. The summed E-state index contributed by atoms with van der Waals surface area (Å²) in [4.78, 5) is 11.5. The van der Waals surface area contributed by atoms with Gasteiger partial charge in [0.15, 0.2) is 11.6 Å². The maximum Gasteiger partial charge on any atom is 0.338 e. The maximum atomic E-state index is 14.0. The van der Waals surface area contributed by atoms with Gasteiger partial charge in [-0.3, -0.25) is 0 Å². The van der Waals surface area contributed by atoms with Crippen molar-refractivity contribution in [3.8, 4) is 11.8 Å². The first kappa shape index (κ1) is 15.9. The number of carbonyl (C=O) groups excluding carboxylic acids is 1.